The second kappa shape index (κ2) is 7.52. The quantitative estimate of drug-likeness (QED) is 0.481. The Labute approximate surface area is 166 Å². The Kier molecular flexibility index (Phi) is 6.02. The van der Waals surface area contributed by atoms with Crippen LogP contribution in [0.2, 0.25) is 5.15 Å². The highest BCUT2D eigenvalue weighted by atomic mass is 79.9. The highest BCUT2D eigenvalue weighted by Crippen LogP contribution is 2.37. The first kappa shape index (κ1) is 22.4. The molecule has 0 saturated carbocycles. The minimum atomic E-state index is -5.34. The van der Waals surface area contributed by atoms with Crippen LogP contribution in [0.4, 0.5) is 26.3 Å². The molecule has 2 rings (SSSR count). The molecule has 0 fully saturated rings. The predicted molar refractivity (Wildman–Crippen MR) is 88.0 cm³/mol. The van der Waals surface area contributed by atoms with Crippen LogP contribution in [0.5, 0.6) is 0 Å². The van der Waals surface area contributed by atoms with Crippen molar-refractivity contribution in [2.45, 2.75) is 17.2 Å². The number of halogens is 8. The molecule has 0 aliphatic carbocycles. The molecule has 0 radical (unpaired) electrons. The second-order valence-electron chi connectivity index (χ2n) is 5.13. The van der Waals surface area contributed by atoms with Crippen LogP contribution in [-0.2, 0) is 22.4 Å². The summed E-state index contributed by atoms with van der Waals surface area (Å²) in [5, 5.41) is -0.118. The summed E-state index contributed by atoms with van der Waals surface area (Å²) in [5.74, 6) is -1.77. The standard InChI is InChI=1S/C14H6BrClF6N2O3S/c15-10-4-7(5-23-11(10)16)28(26,27)24-12(25)8-2-1-6(13(17,18)19)3-9(8)14(20,21)22/h1-5H,(H,24,25). The molecule has 0 bridgehead atoms. The number of alkyl halides is 6. The van der Waals surface area contributed by atoms with Crippen molar-refractivity contribution in [2.24, 2.45) is 0 Å². The lowest BCUT2D eigenvalue weighted by molar-refractivity contribution is -0.143. The van der Waals surface area contributed by atoms with Gasteiger partial charge in [-0.2, -0.15) is 26.3 Å². The number of carbonyl (C=O) groups excluding carboxylic acids is 1. The van der Waals surface area contributed by atoms with Crippen molar-refractivity contribution in [2.75, 3.05) is 0 Å². The van der Waals surface area contributed by atoms with E-state index in [-0.39, 0.29) is 27.8 Å². The van der Waals surface area contributed by atoms with E-state index in [4.69, 9.17) is 11.6 Å². The molecule has 1 amide bonds. The highest BCUT2D eigenvalue weighted by molar-refractivity contribution is 9.10. The Morgan fingerprint density at radius 1 is 1.07 bits per heavy atom. The molecule has 5 nitrogen and oxygen atoms in total. The van der Waals surface area contributed by atoms with Crippen LogP contribution in [-0.4, -0.2) is 19.3 Å². The Morgan fingerprint density at radius 3 is 2.18 bits per heavy atom. The van der Waals surface area contributed by atoms with Gasteiger partial charge in [0.2, 0.25) is 0 Å². The Hall–Kier alpha value is -1.86. The smallest absolute Gasteiger partial charge is 0.268 e. The Morgan fingerprint density at radius 2 is 1.68 bits per heavy atom. The van der Waals surface area contributed by atoms with E-state index in [2.05, 4.69) is 20.9 Å². The van der Waals surface area contributed by atoms with Gasteiger partial charge in [-0.3, -0.25) is 4.79 Å². The van der Waals surface area contributed by atoms with E-state index in [1.54, 1.807) is 0 Å². The molecule has 0 aliphatic rings. The third-order valence-electron chi connectivity index (χ3n) is 3.21. The fraction of sp³-hybridized carbons (Fsp3) is 0.143. The van der Waals surface area contributed by atoms with E-state index >= 15 is 0 Å². The molecule has 0 unspecified atom stereocenters. The molecular formula is C14H6BrClF6N2O3S. The number of nitrogens with one attached hydrogen (secondary N) is 1. The zero-order valence-corrected chi connectivity index (χ0v) is 16.1. The Bertz CT molecular complexity index is 1040. The average Bonchev–Trinajstić information content (AvgIpc) is 2.54. The maximum Gasteiger partial charge on any atom is 0.417 e. The van der Waals surface area contributed by atoms with Crippen LogP contribution in [0.25, 0.3) is 0 Å². The molecule has 0 saturated heterocycles. The molecule has 1 heterocycles. The summed E-state index contributed by atoms with van der Waals surface area (Å²) in [7, 11) is -4.69. The number of sulfonamides is 1. The zero-order valence-electron chi connectivity index (χ0n) is 13.0. The van der Waals surface area contributed by atoms with Crippen LogP contribution in [0.15, 0.2) is 39.8 Å². The zero-order chi connectivity index (χ0) is 21.5. The average molecular weight is 512 g/mol. The van der Waals surface area contributed by atoms with Gasteiger partial charge in [0.05, 0.1) is 21.2 Å². The number of aromatic nitrogens is 1. The van der Waals surface area contributed by atoms with Crippen molar-refractivity contribution in [1.29, 1.82) is 0 Å². The summed E-state index contributed by atoms with van der Waals surface area (Å²) in [6.07, 6.45) is -9.70. The van der Waals surface area contributed by atoms with Crippen LogP contribution in [0.3, 0.4) is 0 Å². The Balaban J connectivity index is 2.47. The molecule has 152 valence electrons. The monoisotopic (exact) mass is 510 g/mol. The topological polar surface area (TPSA) is 76.1 Å². The van der Waals surface area contributed by atoms with Gasteiger partial charge in [-0.25, -0.2) is 18.1 Å². The van der Waals surface area contributed by atoms with E-state index in [9.17, 15) is 39.6 Å². The fourth-order valence-electron chi connectivity index (χ4n) is 1.94. The van der Waals surface area contributed by atoms with Gasteiger partial charge >= 0.3 is 12.4 Å². The number of carbonyl (C=O) groups is 1. The lowest BCUT2D eigenvalue weighted by Gasteiger charge is -2.16. The number of pyridine rings is 1. The largest absolute Gasteiger partial charge is 0.417 e. The molecular weight excluding hydrogens is 506 g/mol. The van der Waals surface area contributed by atoms with E-state index in [0.29, 0.717) is 0 Å². The van der Waals surface area contributed by atoms with Gasteiger partial charge in [0.25, 0.3) is 15.9 Å². The molecule has 0 spiro atoms. The molecule has 1 N–H and O–H groups in total. The number of benzene rings is 1. The van der Waals surface area contributed by atoms with E-state index in [1.807, 2.05) is 0 Å². The molecule has 28 heavy (non-hydrogen) atoms. The molecule has 0 atom stereocenters. The second-order valence-corrected chi connectivity index (χ2v) is 8.03. The van der Waals surface area contributed by atoms with Crippen LogP contribution in [0.1, 0.15) is 21.5 Å². The van der Waals surface area contributed by atoms with Gasteiger partial charge in [-0.15, -0.1) is 0 Å². The van der Waals surface area contributed by atoms with Crippen molar-refractivity contribution >= 4 is 43.5 Å². The van der Waals surface area contributed by atoms with Gasteiger partial charge in [0, 0.05) is 6.20 Å². The number of hydrogen-bond acceptors (Lipinski definition) is 4. The normalized spacial score (nSPS) is 12.7. The highest BCUT2D eigenvalue weighted by Gasteiger charge is 2.40. The predicted octanol–water partition coefficient (Wildman–Crippen LogP) is 4.65. The van der Waals surface area contributed by atoms with Crippen molar-refractivity contribution in [3.63, 3.8) is 0 Å². The number of hydrogen-bond donors (Lipinski definition) is 1. The number of nitrogens with zero attached hydrogens (tertiary/aromatic N) is 1. The van der Waals surface area contributed by atoms with Gasteiger partial charge in [-0.1, -0.05) is 11.6 Å². The first-order chi connectivity index (χ1) is 12.6. The van der Waals surface area contributed by atoms with Crippen molar-refractivity contribution in [1.82, 2.24) is 9.71 Å². The molecule has 0 aliphatic heterocycles. The lowest BCUT2D eigenvalue weighted by atomic mass is 10.0. The molecule has 1 aromatic carbocycles. The van der Waals surface area contributed by atoms with Crippen molar-refractivity contribution in [3.05, 3.63) is 56.8 Å². The van der Waals surface area contributed by atoms with Crippen LogP contribution in [0, 0.1) is 0 Å². The SMILES string of the molecule is O=C(NS(=O)(=O)c1cnc(Cl)c(Br)c1)c1ccc(C(F)(F)F)cc1C(F)(F)F. The minimum absolute atomic E-state index is 0.0231. The van der Waals surface area contributed by atoms with Gasteiger partial charge < -0.3 is 0 Å². The molecule has 1 aromatic heterocycles. The fourth-order valence-corrected chi connectivity index (χ4v) is 3.48. The lowest BCUT2D eigenvalue weighted by Crippen LogP contribution is -2.32. The summed E-state index contributed by atoms with van der Waals surface area (Å²) in [6.45, 7) is 0. The minimum Gasteiger partial charge on any atom is -0.268 e. The van der Waals surface area contributed by atoms with Crippen LogP contribution < -0.4 is 4.72 Å². The summed E-state index contributed by atoms with van der Waals surface area (Å²) < 4.78 is 103. The van der Waals surface area contributed by atoms with Gasteiger partial charge in [-0.05, 0) is 40.2 Å². The third-order valence-corrected chi connectivity index (χ3v) is 5.64. The van der Waals surface area contributed by atoms with E-state index in [0.717, 1.165) is 12.3 Å². The maximum absolute atomic E-state index is 13.1. The van der Waals surface area contributed by atoms with Gasteiger partial charge in [0.15, 0.2) is 0 Å². The van der Waals surface area contributed by atoms with E-state index < -0.39 is 49.9 Å². The molecule has 14 heteroatoms. The van der Waals surface area contributed by atoms with Gasteiger partial charge in [0.1, 0.15) is 10.0 Å². The summed E-state index contributed by atoms with van der Waals surface area (Å²) in [6, 6.07) is 1.13. The van der Waals surface area contributed by atoms with Crippen molar-refractivity contribution < 1.29 is 39.6 Å². The number of rotatable bonds is 3. The number of amides is 1. The van der Waals surface area contributed by atoms with Crippen molar-refractivity contribution in [3.8, 4) is 0 Å². The first-order valence-corrected chi connectivity index (χ1v) is 9.45. The summed E-state index contributed by atoms with van der Waals surface area (Å²) >= 11 is 8.48. The van der Waals surface area contributed by atoms with E-state index in [1.165, 1.54) is 4.72 Å². The maximum atomic E-state index is 13.1. The summed E-state index contributed by atoms with van der Waals surface area (Å²) in [5.41, 5.74) is -4.89. The van der Waals surface area contributed by atoms with Crippen LogP contribution >= 0.6 is 27.5 Å². The summed E-state index contributed by atoms with van der Waals surface area (Å²) in [4.78, 5) is 15.0. The molecule has 2 aromatic rings. The third kappa shape index (κ3) is 4.94. The first-order valence-electron chi connectivity index (χ1n) is 6.79.